The highest BCUT2D eigenvalue weighted by Gasteiger charge is 1.99. The fourth-order valence-corrected chi connectivity index (χ4v) is 1.66. The molecule has 0 aromatic carbocycles. The Morgan fingerprint density at radius 2 is 1.76 bits per heavy atom. The van der Waals surface area contributed by atoms with E-state index in [9.17, 15) is 0 Å². The lowest BCUT2D eigenvalue weighted by atomic mass is 10.4. The lowest BCUT2D eigenvalue weighted by Crippen LogP contribution is -2.38. The molecular formula is C14H33IN4O2. The molecule has 0 aliphatic heterocycles. The number of hydrogen-bond acceptors (Lipinski definition) is 4. The minimum absolute atomic E-state index is 0. The molecule has 0 atom stereocenters. The van der Waals surface area contributed by atoms with E-state index in [1.165, 1.54) is 0 Å². The van der Waals surface area contributed by atoms with Gasteiger partial charge in [0.25, 0.3) is 0 Å². The summed E-state index contributed by atoms with van der Waals surface area (Å²) >= 11 is 0. The van der Waals surface area contributed by atoms with Gasteiger partial charge in [0.1, 0.15) is 0 Å². The minimum Gasteiger partial charge on any atom is -0.385 e. The molecule has 0 aliphatic rings. The van der Waals surface area contributed by atoms with Crippen LogP contribution in [0.25, 0.3) is 0 Å². The highest BCUT2D eigenvalue weighted by atomic mass is 127. The van der Waals surface area contributed by atoms with Gasteiger partial charge < -0.3 is 25.0 Å². The Morgan fingerprint density at radius 3 is 2.38 bits per heavy atom. The lowest BCUT2D eigenvalue weighted by Gasteiger charge is -2.16. The summed E-state index contributed by atoms with van der Waals surface area (Å²) in [6.07, 6.45) is 2.04. The zero-order valence-electron chi connectivity index (χ0n) is 14.0. The normalized spacial score (nSPS) is 11.4. The Hall–Kier alpha value is -0.120. The molecule has 2 N–H and O–H groups in total. The third-order valence-corrected chi connectivity index (χ3v) is 2.81. The van der Waals surface area contributed by atoms with Crippen LogP contribution in [0.2, 0.25) is 0 Å². The number of nitrogens with zero attached hydrogens (tertiary/aromatic N) is 2. The molecule has 0 rings (SSSR count). The van der Waals surface area contributed by atoms with Crippen LogP contribution in [0.3, 0.4) is 0 Å². The number of guanidine groups is 1. The second kappa shape index (κ2) is 17.9. The molecule has 0 aliphatic carbocycles. The van der Waals surface area contributed by atoms with Crippen LogP contribution < -0.4 is 10.6 Å². The van der Waals surface area contributed by atoms with Crippen molar-refractivity contribution in [2.24, 2.45) is 4.99 Å². The molecular weight excluding hydrogens is 383 g/mol. The van der Waals surface area contributed by atoms with Gasteiger partial charge in [-0.3, -0.25) is 4.99 Å². The van der Waals surface area contributed by atoms with Gasteiger partial charge in [-0.15, -0.1) is 24.0 Å². The smallest absolute Gasteiger partial charge is 0.191 e. The highest BCUT2D eigenvalue weighted by molar-refractivity contribution is 14.0. The van der Waals surface area contributed by atoms with Crippen molar-refractivity contribution in [2.45, 2.75) is 19.8 Å². The Labute approximate surface area is 147 Å². The monoisotopic (exact) mass is 416 g/mol. The minimum atomic E-state index is 0. The third-order valence-electron chi connectivity index (χ3n) is 2.81. The van der Waals surface area contributed by atoms with Gasteiger partial charge in [-0.25, -0.2) is 0 Å². The van der Waals surface area contributed by atoms with Gasteiger partial charge >= 0.3 is 0 Å². The van der Waals surface area contributed by atoms with E-state index >= 15 is 0 Å². The maximum absolute atomic E-state index is 5.06. The van der Waals surface area contributed by atoms with E-state index in [1.54, 1.807) is 14.2 Å². The fourth-order valence-electron chi connectivity index (χ4n) is 1.66. The zero-order valence-corrected chi connectivity index (χ0v) is 16.3. The SMILES string of the molecule is CCNC(=NCCCOC)NCCCN(C)CCOC.I. The number of likely N-dealkylation sites (N-methyl/N-ethyl adjacent to an activating group) is 1. The molecule has 0 spiro atoms. The molecule has 0 aromatic heterocycles. The molecule has 0 saturated carbocycles. The van der Waals surface area contributed by atoms with Crippen LogP contribution in [0.4, 0.5) is 0 Å². The molecule has 21 heavy (non-hydrogen) atoms. The van der Waals surface area contributed by atoms with Crippen molar-refractivity contribution in [3.8, 4) is 0 Å². The number of ether oxygens (including phenoxy) is 2. The number of rotatable bonds is 12. The quantitative estimate of drug-likeness (QED) is 0.217. The molecule has 0 fully saturated rings. The zero-order chi connectivity index (χ0) is 15.1. The Balaban J connectivity index is 0. The van der Waals surface area contributed by atoms with E-state index in [0.717, 1.165) is 64.7 Å². The summed E-state index contributed by atoms with van der Waals surface area (Å²) in [5.74, 6) is 0.892. The van der Waals surface area contributed by atoms with Gasteiger partial charge in [-0.1, -0.05) is 0 Å². The number of nitrogens with one attached hydrogen (secondary N) is 2. The molecule has 0 aromatic rings. The van der Waals surface area contributed by atoms with Gasteiger partial charge in [0.15, 0.2) is 5.96 Å². The third kappa shape index (κ3) is 16.1. The second-order valence-electron chi connectivity index (χ2n) is 4.68. The van der Waals surface area contributed by atoms with E-state index in [1.807, 2.05) is 0 Å². The van der Waals surface area contributed by atoms with Crippen LogP contribution in [0.15, 0.2) is 4.99 Å². The number of hydrogen-bond donors (Lipinski definition) is 2. The van der Waals surface area contributed by atoms with Crippen LogP contribution in [0.5, 0.6) is 0 Å². The van der Waals surface area contributed by atoms with E-state index < -0.39 is 0 Å². The first-order valence-corrected chi connectivity index (χ1v) is 7.43. The van der Waals surface area contributed by atoms with E-state index in [-0.39, 0.29) is 24.0 Å². The molecule has 0 saturated heterocycles. The van der Waals surface area contributed by atoms with Crippen LogP contribution in [-0.2, 0) is 9.47 Å². The van der Waals surface area contributed by atoms with Gasteiger partial charge in [0, 0.05) is 47.0 Å². The molecule has 6 nitrogen and oxygen atoms in total. The predicted molar refractivity (Wildman–Crippen MR) is 99.9 cm³/mol. The first-order chi connectivity index (χ1) is 9.74. The molecule has 0 heterocycles. The number of halogens is 1. The first-order valence-electron chi connectivity index (χ1n) is 7.43. The maximum atomic E-state index is 5.06. The maximum Gasteiger partial charge on any atom is 0.191 e. The van der Waals surface area contributed by atoms with Crippen LogP contribution in [0, 0.1) is 0 Å². The van der Waals surface area contributed by atoms with Gasteiger partial charge in [-0.2, -0.15) is 0 Å². The Morgan fingerprint density at radius 1 is 1.05 bits per heavy atom. The molecule has 0 bridgehead atoms. The standard InChI is InChI=1S/C14H32N4O2.HI/c1-5-15-14(17-9-7-12-19-3)16-8-6-10-18(2)11-13-20-4;/h5-13H2,1-4H3,(H2,15,16,17);1H. The van der Waals surface area contributed by atoms with Crippen LogP contribution in [-0.4, -0.2) is 78.1 Å². The van der Waals surface area contributed by atoms with E-state index in [0.29, 0.717) is 0 Å². The number of aliphatic imine (C=N–C) groups is 1. The topological polar surface area (TPSA) is 58.1 Å². The fraction of sp³-hybridized carbons (Fsp3) is 0.929. The summed E-state index contributed by atoms with van der Waals surface area (Å²) in [6.45, 7) is 8.24. The highest BCUT2D eigenvalue weighted by Crippen LogP contribution is 1.87. The Kier molecular flexibility index (Phi) is 19.8. The van der Waals surface area contributed by atoms with Gasteiger partial charge in [-0.05, 0) is 33.4 Å². The average Bonchev–Trinajstić information content (AvgIpc) is 2.45. The summed E-state index contributed by atoms with van der Waals surface area (Å²) in [6, 6.07) is 0. The summed E-state index contributed by atoms with van der Waals surface area (Å²) in [7, 11) is 5.56. The van der Waals surface area contributed by atoms with Crippen molar-refractivity contribution >= 4 is 29.9 Å². The van der Waals surface area contributed by atoms with E-state index in [2.05, 4.69) is 34.5 Å². The van der Waals surface area contributed by atoms with Crippen LogP contribution in [0.1, 0.15) is 19.8 Å². The van der Waals surface area contributed by atoms with E-state index in [4.69, 9.17) is 9.47 Å². The lowest BCUT2D eigenvalue weighted by molar-refractivity contribution is 0.161. The van der Waals surface area contributed by atoms with Crippen molar-refractivity contribution < 1.29 is 9.47 Å². The summed E-state index contributed by atoms with van der Waals surface area (Å²) < 4.78 is 10.1. The largest absolute Gasteiger partial charge is 0.385 e. The van der Waals surface area contributed by atoms with Crippen molar-refractivity contribution in [3.63, 3.8) is 0 Å². The summed E-state index contributed by atoms with van der Waals surface area (Å²) in [4.78, 5) is 6.77. The molecule has 128 valence electrons. The Bertz CT molecular complexity index is 243. The van der Waals surface area contributed by atoms with Crippen molar-refractivity contribution in [1.29, 1.82) is 0 Å². The van der Waals surface area contributed by atoms with Gasteiger partial charge in [0.2, 0.25) is 0 Å². The van der Waals surface area contributed by atoms with Crippen molar-refractivity contribution in [3.05, 3.63) is 0 Å². The molecule has 0 unspecified atom stereocenters. The number of methoxy groups -OCH3 is 2. The second-order valence-corrected chi connectivity index (χ2v) is 4.68. The first kappa shape index (κ1) is 23.2. The van der Waals surface area contributed by atoms with Crippen molar-refractivity contribution in [2.75, 3.05) is 67.2 Å². The molecule has 0 amide bonds. The molecule has 0 radical (unpaired) electrons. The van der Waals surface area contributed by atoms with Crippen LogP contribution >= 0.6 is 24.0 Å². The summed E-state index contributed by atoms with van der Waals surface area (Å²) in [5.41, 5.74) is 0. The molecule has 7 heteroatoms. The summed E-state index contributed by atoms with van der Waals surface area (Å²) in [5, 5.41) is 6.60. The van der Waals surface area contributed by atoms with Crippen molar-refractivity contribution in [1.82, 2.24) is 15.5 Å². The van der Waals surface area contributed by atoms with Gasteiger partial charge in [0.05, 0.1) is 6.61 Å². The predicted octanol–water partition coefficient (Wildman–Crippen LogP) is 1.16. The average molecular weight is 416 g/mol.